The van der Waals surface area contributed by atoms with E-state index in [-0.39, 0.29) is 5.91 Å². The molecule has 4 aromatic rings. The van der Waals surface area contributed by atoms with Crippen molar-refractivity contribution in [3.05, 3.63) is 48.7 Å². The summed E-state index contributed by atoms with van der Waals surface area (Å²) in [5.74, 6) is 0.695. The van der Waals surface area contributed by atoms with E-state index in [4.69, 9.17) is 0 Å². The molecule has 4 aromatic heterocycles. The largest absolute Gasteiger partial charge is 0.350 e. The first-order valence-corrected chi connectivity index (χ1v) is 11.6. The second-order valence-electron chi connectivity index (χ2n) is 9.36. The van der Waals surface area contributed by atoms with Gasteiger partial charge in [-0.15, -0.1) is 5.10 Å². The molecule has 1 aliphatic carbocycles. The van der Waals surface area contributed by atoms with Gasteiger partial charge >= 0.3 is 0 Å². The summed E-state index contributed by atoms with van der Waals surface area (Å²) in [6, 6.07) is 7.07. The van der Waals surface area contributed by atoms with Gasteiger partial charge < -0.3 is 15.1 Å². The smallest absolute Gasteiger partial charge is 0.272 e. The van der Waals surface area contributed by atoms with Crippen molar-refractivity contribution >= 4 is 23.0 Å². The summed E-state index contributed by atoms with van der Waals surface area (Å²) >= 11 is 0. The zero-order valence-electron chi connectivity index (χ0n) is 19.0. The van der Waals surface area contributed by atoms with Crippen LogP contribution in [0.25, 0.3) is 22.3 Å². The van der Waals surface area contributed by atoms with Gasteiger partial charge in [-0.1, -0.05) is 0 Å². The third-order valence-corrected chi connectivity index (χ3v) is 7.02. The minimum absolute atomic E-state index is 0.0467. The Labute approximate surface area is 192 Å². The molecule has 1 saturated carbocycles. The highest BCUT2D eigenvalue weighted by Crippen LogP contribution is 2.28. The average molecular weight is 445 g/mol. The first kappa shape index (κ1) is 20.2. The lowest BCUT2D eigenvalue weighted by Gasteiger charge is -2.39. The Morgan fingerprint density at radius 2 is 1.91 bits per heavy atom. The number of nitrogens with one attached hydrogen (secondary N) is 1. The summed E-state index contributed by atoms with van der Waals surface area (Å²) in [7, 11) is 4.24. The van der Waals surface area contributed by atoms with Crippen LogP contribution in [0.3, 0.4) is 0 Å². The predicted octanol–water partition coefficient (Wildman–Crippen LogP) is 2.78. The Morgan fingerprint density at radius 3 is 2.70 bits per heavy atom. The van der Waals surface area contributed by atoms with E-state index in [0.717, 1.165) is 61.1 Å². The van der Waals surface area contributed by atoms with Crippen LogP contribution in [0.5, 0.6) is 0 Å². The number of hydrogen-bond acceptors (Lipinski definition) is 6. The summed E-state index contributed by atoms with van der Waals surface area (Å²) < 4.78 is 3.76. The first-order chi connectivity index (χ1) is 16.1. The van der Waals surface area contributed by atoms with Crippen molar-refractivity contribution in [2.24, 2.45) is 0 Å². The molecule has 0 unspecified atom stereocenters. The van der Waals surface area contributed by atoms with Crippen LogP contribution in [0.1, 0.15) is 36.2 Å². The molecule has 1 amide bonds. The number of hydrogen-bond donors (Lipinski definition) is 1. The number of likely N-dealkylation sites (tertiary alicyclic amines) is 1. The number of pyridine rings is 1. The standard InChI is InChI=1S/C24H28N8O/c1-29(2)18-11-17(12-18)27-24-26-13-20-19(7-10-32(20)28-24)16-5-6-22-25-14-21(31(22)15-16)23(33)30-8-3-4-9-30/h5-7,10,13-15,17-18H,3-4,8-9,11-12H2,1-2H3,(H,27,28)/t17-,18-. The first-order valence-electron chi connectivity index (χ1n) is 11.6. The van der Waals surface area contributed by atoms with Crippen molar-refractivity contribution in [3.8, 4) is 11.1 Å². The Morgan fingerprint density at radius 1 is 1.09 bits per heavy atom. The Balaban J connectivity index is 1.28. The van der Waals surface area contributed by atoms with Gasteiger partial charge in [-0.3, -0.25) is 9.20 Å². The van der Waals surface area contributed by atoms with Crippen LogP contribution in [0.2, 0.25) is 0 Å². The fourth-order valence-electron chi connectivity index (χ4n) is 4.90. The monoisotopic (exact) mass is 444 g/mol. The van der Waals surface area contributed by atoms with Crippen molar-refractivity contribution in [1.82, 2.24) is 33.8 Å². The molecule has 0 atom stereocenters. The molecule has 0 radical (unpaired) electrons. The second kappa shape index (κ2) is 7.84. The number of aromatic nitrogens is 5. The van der Waals surface area contributed by atoms with Crippen LogP contribution in [0, 0.1) is 0 Å². The van der Waals surface area contributed by atoms with E-state index in [1.165, 1.54) is 0 Å². The van der Waals surface area contributed by atoms with Crippen LogP contribution >= 0.6 is 0 Å². The van der Waals surface area contributed by atoms with Gasteiger partial charge in [0.15, 0.2) is 0 Å². The van der Waals surface area contributed by atoms with Crippen LogP contribution in [-0.4, -0.2) is 79.0 Å². The van der Waals surface area contributed by atoms with Crippen LogP contribution in [0.4, 0.5) is 5.95 Å². The highest BCUT2D eigenvalue weighted by Gasteiger charge is 2.31. The van der Waals surface area contributed by atoms with Gasteiger partial charge in [-0.2, -0.15) is 0 Å². The molecule has 33 heavy (non-hydrogen) atoms. The Hall–Kier alpha value is -3.46. The number of anilines is 1. The molecule has 2 aliphatic rings. The number of rotatable bonds is 5. The number of imidazole rings is 1. The summed E-state index contributed by atoms with van der Waals surface area (Å²) in [4.78, 5) is 26.2. The van der Waals surface area contributed by atoms with E-state index in [9.17, 15) is 4.79 Å². The molecule has 9 nitrogen and oxygen atoms in total. The number of nitrogens with zero attached hydrogens (tertiary/aromatic N) is 7. The number of amides is 1. The van der Waals surface area contributed by atoms with Gasteiger partial charge in [0.1, 0.15) is 11.3 Å². The van der Waals surface area contributed by atoms with Crippen LogP contribution < -0.4 is 5.32 Å². The van der Waals surface area contributed by atoms with Crippen molar-refractivity contribution in [2.75, 3.05) is 32.5 Å². The number of carbonyl (C=O) groups excluding carboxylic acids is 1. The van der Waals surface area contributed by atoms with Gasteiger partial charge in [0, 0.05) is 48.7 Å². The molecule has 9 heteroatoms. The average Bonchev–Trinajstić information content (AvgIpc) is 3.54. The van der Waals surface area contributed by atoms with E-state index in [0.29, 0.717) is 23.7 Å². The van der Waals surface area contributed by atoms with Crippen molar-refractivity contribution in [3.63, 3.8) is 0 Å². The molecule has 1 N–H and O–H groups in total. The Bertz CT molecular complexity index is 1330. The van der Waals surface area contributed by atoms with E-state index in [2.05, 4.69) is 39.4 Å². The number of fused-ring (bicyclic) bond motifs is 2. The van der Waals surface area contributed by atoms with E-state index >= 15 is 0 Å². The Kier molecular flexibility index (Phi) is 4.79. The molecular weight excluding hydrogens is 416 g/mol. The SMILES string of the molecule is CN(C)[C@H]1C[C@H](Nc2ncc3c(-c4ccc5ncc(C(=O)N6CCCC6)n5c4)ccn3n2)C1. The molecule has 0 bridgehead atoms. The molecular formula is C24H28N8O. The lowest BCUT2D eigenvalue weighted by molar-refractivity contribution is 0.0786. The van der Waals surface area contributed by atoms with Crippen LogP contribution in [0.15, 0.2) is 43.0 Å². The van der Waals surface area contributed by atoms with E-state index < -0.39 is 0 Å². The molecule has 0 spiro atoms. The second-order valence-corrected chi connectivity index (χ2v) is 9.36. The molecule has 1 aliphatic heterocycles. The fourth-order valence-corrected chi connectivity index (χ4v) is 4.90. The summed E-state index contributed by atoms with van der Waals surface area (Å²) in [5, 5.41) is 8.11. The van der Waals surface area contributed by atoms with Crippen LogP contribution in [-0.2, 0) is 0 Å². The minimum atomic E-state index is 0.0467. The lowest BCUT2D eigenvalue weighted by Crippen LogP contribution is -2.47. The molecule has 170 valence electrons. The summed E-state index contributed by atoms with van der Waals surface area (Å²) in [6.07, 6.45) is 11.8. The third-order valence-electron chi connectivity index (χ3n) is 7.02. The van der Waals surface area contributed by atoms with Crippen molar-refractivity contribution < 1.29 is 4.79 Å². The zero-order valence-corrected chi connectivity index (χ0v) is 19.0. The van der Waals surface area contributed by atoms with Gasteiger partial charge in [-0.05, 0) is 58.0 Å². The molecule has 1 saturated heterocycles. The van der Waals surface area contributed by atoms with E-state index in [1.54, 1.807) is 6.20 Å². The predicted molar refractivity (Wildman–Crippen MR) is 126 cm³/mol. The van der Waals surface area contributed by atoms with Gasteiger partial charge in [0.2, 0.25) is 5.95 Å². The quantitative estimate of drug-likeness (QED) is 0.510. The van der Waals surface area contributed by atoms with E-state index in [1.807, 2.05) is 50.6 Å². The molecule has 2 fully saturated rings. The topological polar surface area (TPSA) is 83.1 Å². The van der Waals surface area contributed by atoms with Gasteiger partial charge in [0.05, 0.1) is 17.9 Å². The zero-order chi connectivity index (χ0) is 22.5. The fraction of sp³-hybridized carbons (Fsp3) is 0.417. The highest BCUT2D eigenvalue weighted by molar-refractivity contribution is 5.93. The maximum atomic E-state index is 13.0. The maximum Gasteiger partial charge on any atom is 0.272 e. The highest BCUT2D eigenvalue weighted by atomic mass is 16.2. The van der Waals surface area contributed by atoms with Gasteiger partial charge in [0.25, 0.3) is 5.91 Å². The van der Waals surface area contributed by atoms with Gasteiger partial charge in [-0.25, -0.2) is 14.5 Å². The van der Waals surface area contributed by atoms with Crippen molar-refractivity contribution in [2.45, 2.75) is 37.8 Å². The molecule has 5 heterocycles. The minimum Gasteiger partial charge on any atom is -0.350 e. The summed E-state index contributed by atoms with van der Waals surface area (Å²) in [5.41, 5.74) is 4.32. The normalized spacial score (nSPS) is 20.6. The van der Waals surface area contributed by atoms with Crippen molar-refractivity contribution in [1.29, 1.82) is 0 Å². The maximum absolute atomic E-state index is 13.0. The molecule has 6 rings (SSSR count). The summed E-state index contributed by atoms with van der Waals surface area (Å²) in [6.45, 7) is 1.64. The lowest BCUT2D eigenvalue weighted by atomic mass is 9.86. The molecule has 0 aromatic carbocycles. The third kappa shape index (κ3) is 3.52. The number of carbonyl (C=O) groups is 1.